The summed E-state index contributed by atoms with van der Waals surface area (Å²) in [5, 5.41) is 0.0503. The minimum absolute atomic E-state index is 0.0500. The molecule has 0 bridgehead atoms. The van der Waals surface area contributed by atoms with Gasteiger partial charge < -0.3 is 9.32 Å². The van der Waals surface area contributed by atoms with E-state index in [4.69, 9.17) is 20.9 Å². The van der Waals surface area contributed by atoms with Gasteiger partial charge >= 0.3 is 0 Å². The standard InChI is InChI=1S/C50H33NO/c1-3-16-43-34(10-1)12-8-19-45(43)36-22-27-40(28-23-36)51(41-29-24-37(25-30-41)46-20-9-13-35-11-2-4-17-44(35)46)42-15-7-14-38(32-42)39-26-31-50-48(33-39)47-18-5-6-21-49(47)52-50/h1-33H/i1D,3D,5D,6D,7D,8D,10D,12D,14D,15D,16D,18D,19D,21D,22D,23D,26D,27D,28D,31D,32D,33D. The van der Waals surface area contributed by atoms with E-state index in [9.17, 15) is 13.7 Å². The second kappa shape index (κ2) is 12.5. The van der Waals surface area contributed by atoms with E-state index in [2.05, 4.69) is 0 Å². The summed E-state index contributed by atoms with van der Waals surface area (Å²) < 4.78 is 203. The molecule has 2 heteroatoms. The molecule has 1 aromatic heterocycles. The maximum atomic E-state index is 9.87. The Morgan fingerprint density at radius 2 is 1.08 bits per heavy atom. The molecule has 244 valence electrons. The Morgan fingerprint density at radius 3 is 1.98 bits per heavy atom. The van der Waals surface area contributed by atoms with Gasteiger partial charge in [-0.15, -0.1) is 0 Å². The Bertz CT molecular complexity index is 4130. The third kappa shape index (κ3) is 5.21. The molecule has 0 fully saturated rings. The maximum Gasteiger partial charge on any atom is 0.135 e. The van der Waals surface area contributed by atoms with Gasteiger partial charge in [0.1, 0.15) is 11.2 Å². The van der Waals surface area contributed by atoms with Gasteiger partial charge in [0.2, 0.25) is 0 Å². The highest BCUT2D eigenvalue weighted by Crippen LogP contribution is 2.40. The molecule has 0 aliphatic heterocycles. The molecule has 0 unspecified atom stereocenters. The lowest BCUT2D eigenvalue weighted by atomic mass is 9.97. The number of para-hydroxylation sites is 1. The van der Waals surface area contributed by atoms with Crippen molar-refractivity contribution in [3.63, 3.8) is 0 Å². The zero-order valence-electron chi connectivity index (χ0n) is 48.7. The lowest BCUT2D eigenvalue weighted by Crippen LogP contribution is -2.10. The molecule has 10 rings (SSSR count). The molecule has 0 atom stereocenters. The van der Waals surface area contributed by atoms with Gasteiger partial charge in [0, 0.05) is 27.8 Å². The van der Waals surface area contributed by atoms with Gasteiger partial charge in [-0.05, 0) is 109 Å². The highest BCUT2D eigenvalue weighted by atomic mass is 16.3. The molecule has 0 amide bonds. The summed E-state index contributed by atoms with van der Waals surface area (Å²) in [6, 6.07) is 1.67. The molecule has 0 radical (unpaired) electrons. The average Bonchev–Trinajstić information content (AvgIpc) is 3.83. The summed E-state index contributed by atoms with van der Waals surface area (Å²) in [6.45, 7) is 0. The second-order valence-corrected chi connectivity index (χ2v) is 11.6. The molecule has 52 heavy (non-hydrogen) atoms. The van der Waals surface area contributed by atoms with Gasteiger partial charge in [0.05, 0.1) is 30.2 Å². The first-order valence-corrected chi connectivity index (χ1v) is 16.0. The predicted octanol–water partition coefficient (Wildman–Crippen LogP) is 14.4. The van der Waals surface area contributed by atoms with E-state index in [1.807, 2.05) is 42.5 Å². The molecule has 0 saturated heterocycles. The summed E-state index contributed by atoms with van der Waals surface area (Å²) in [5.41, 5.74) is -3.53. The highest BCUT2D eigenvalue weighted by Gasteiger charge is 2.16. The Kier molecular flexibility index (Phi) is 3.63. The van der Waals surface area contributed by atoms with Gasteiger partial charge in [0.25, 0.3) is 0 Å². The van der Waals surface area contributed by atoms with Crippen molar-refractivity contribution in [2.75, 3.05) is 4.90 Å². The second-order valence-electron chi connectivity index (χ2n) is 11.6. The van der Waals surface area contributed by atoms with Crippen LogP contribution in [0.1, 0.15) is 30.2 Å². The lowest BCUT2D eigenvalue weighted by Gasteiger charge is -2.26. The number of hydrogen-bond donors (Lipinski definition) is 0. The number of anilines is 3. The van der Waals surface area contributed by atoms with Gasteiger partial charge in [0.15, 0.2) is 0 Å². The van der Waals surface area contributed by atoms with E-state index < -0.39 is 189 Å². The van der Waals surface area contributed by atoms with Crippen LogP contribution in [-0.2, 0) is 0 Å². The van der Waals surface area contributed by atoms with Gasteiger partial charge in [-0.1, -0.05) is 145 Å². The topological polar surface area (TPSA) is 16.4 Å². The van der Waals surface area contributed by atoms with E-state index in [1.165, 1.54) is 12.1 Å². The summed E-state index contributed by atoms with van der Waals surface area (Å²) in [5.74, 6) is 0. The Balaban J connectivity index is 1.31. The minimum Gasteiger partial charge on any atom is -0.456 e. The molecule has 1 heterocycles. The molecule has 0 aliphatic carbocycles. The fourth-order valence-corrected chi connectivity index (χ4v) is 6.18. The molecule has 0 N–H and O–H groups in total. The number of furan rings is 1. The van der Waals surface area contributed by atoms with Crippen LogP contribution in [0.2, 0.25) is 0 Å². The summed E-state index contributed by atoms with van der Waals surface area (Å²) in [4.78, 5) is 0.953. The number of rotatable bonds is 6. The van der Waals surface area contributed by atoms with Crippen LogP contribution in [0.5, 0.6) is 0 Å². The average molecular weight is 686 g/mol. The van der Waals surface area contributed by atoms with E-state index in [1.54, 1.807) is 12.1 Å². The van der Waals surface area contributed by atoms with Crippen molar-refractivity contribution in [3.8, 4) is 33.4 Å². The zero-order valence-corrected chi connectivity index (χ0v) is 26.7. The molecule has 9 aromatic carbocycles. The van der Waals surface area contributed by atoms with Crippen molar-refractivity contribution in [1.82, 2.24) is 0 Å². The van der Waals surface area contributed by atoms with Crippen LogP contribution in [0.3, 0.4) is 0 Å². The number of benzene rings is 9. The van der Waals surface area contributed by atoms with Crippen LogP contribution in [0.15, 0.2) is 204 Å². The van der Waals surface area contributed by atoms with Crippen LogP contribution < -0.4 is 4.90 Å². The van der Waals surface area contributed by atoms with E-state index in [0.717, 1.165) is 21.2 Å². The van der Waals surface area contributed by atoms with Crippen LogP contribution in [0.25, 0.3) is 76.9 Å². The fraction of sp³-hybridized carbons (Fsp3) is 0. The Morgan fingerprint density at radius 1 is 0.365 bits per heavy atom. The molecule has 2 nitrogen and oxygen atoms in total. The summed E-state index contributed by atoms with van der Waals surface area (Å²) in [6.07, 6.45) is 0. The molecular formula is C50H33NO. The molecule has 0 spiro atoms. The first-order chi connectivity index (χ1) is 35.0. The smallest absolute Gasteiger partial charge is 0.135 e. The molecular weight excluding hydrogens is 631 g/mol. The molecule has 0 aliphatic rings. The van der Waals surface area contributed by atoms with Crippen molar-refractivity contribution >= 4 is 60.5 Å². The maximum absolute atomic E-state index is 9.87. The summed E-state index contributed by atoms with van der Waals surface area (Å²) in [7, 11) is 0. The minimum atomic E-state index is -0.929. The van der Waals surface area contributed by atoms with E-state index in [0.29, 0.717) is 5.56 Å². The number of hydrogen-bond acceptors (Lipinski definition) is 2. The van der Waals surface area contributed by atoms with Gasteiger partial charge in [-0.3, -0.25) is 0 Å². The fourth-order valence-electron chi connectivity index (χ4n) is 6.18. The van der Waals surface area contributed by atoms with Crippen LogP contribution in [-0.4, -0.2) is 0 Å². The van der Waals surface area contributed by atoms with Crippen molar-refractivity contribution < 1.29 is 34.6 Å². The van der Waals surface area contributed by atoms with Crippen LogP contribution in [0, 0.1) is 0 Å². The highest BCUT2D eigenvalue weighted by molar-refractivity contribution is 6.06. The van der Waals surface area contributed by atoms with E-state index >= 15 is 0 Å². The first-order valence-electron chi connectivity index (χ1n) is 27.0. The SMILES string of the molecule is [2H]c1c([2H])c(-c2c([2H])c([2H])c3oc4c([2H])c([2H])c([2H])c([2H])c4c3c2[2H])c([2H])c(N(c2ccc(-c3cccc4ccccc34)cc2)c2c([2H])c([2H])c(-c3c([2H])c([2H])c([2H])c4c([2H])c([2H])c([2H])c([2H])c34)c([2H])c2[2H])c1[2H]. The third-order valence-corrected chi connectivity index (χ3v) is 8.59. The lowest BCUT2D eigenvalue weighted by molar-refractivity contribution is 0.669. The number of fused-ring (bicyclic) bond motifs is 5. The van der Waals surface area contributed by atoms with Crippen molar-refractivity contribution in [2.45, 2.75) is 0 Å². The molecule has 10 aromatic rings. The first kappa shape index (κ1) is 15.1. The van der Waals surface area contributed by atoms with Crippen LogP contribution >= 0.6 is 0 Å². The monoisotopic (exact) mass is 685 g/mol. The molecule has 0 saturated carbocycles. The Hall–Kier alpha value is -6.90. The van der Waals surface area contributed by atoms with Crippen molar-refractivity contribution in [1.29, 1.82) is 0 Å². The summed E-state index contributed by atoms with van der Waals surface area (Å²) >= 11 is 0. The Labute approximate surface area is 333 Å². The zero-order chi connectivity index (χ0) is 53.6. The largest absolute Gasteiger partial charge is 0.456 e. The quantitative estimate of drug-likeness (QED) is 0.173. The van der Waals surface area contributed by atoms with E-state index in [-0.39, 0.29) is 16.5 Å². The van der Waals surface area contributed by atoms with Gasteiger partial charge in [-0.2, -0.15) is 0 Å². The van der Waals surface area contributed by atoms with Crippen molar-refractivity contribution in [3.05, 3.63) is 200 Å². The normalized spacial score (nSPS) is 17.4. The number of nitrogens with zero attached hydrogens (tertiary/aromatic N) is 1. The predicted molar refractivity (Wildman–Crippen MR) is 220 cm³/mol. The third-order valence-electron chi connectivity index (χ3n) is 8.59. The van der Waals surface area contributed by atoms with Gasteiger partial charge in [-0.25, -0.2) is 0 Å². The van der Waals surface area contributed by atoms with Crippen LogP contribution in [0.4, 0.5) is 17.1 Å². The van der Waals surface area contributed by atoms with Crippen molar-refractivity contribution in [2.24, 2.45) is 0 Å².